The molecule has 18 heavy (non-hydrogen) atoms. The first-order valence-electron chi connectivity index (χ1n) is 5.96. The molecule has 1 N–H and O–H groups in total. The molecule has 1 amide bonds. The Hall–Kier alpha value is -1.43. The van der Waals surface area contributed by atoms with E-state index >= 15 is 0 Å². The zero-order valence-corrected chi connectivity index (χ0v) is 10.8. The summed E-state index contributed by atoms with van der Waals surface area (Å²) in [5.41, 5.74) is 0.386. The van der Waals surface area contributed by atoms with Crippen LogP contribution in [0.2, 0.25) is 0 Å². The van der Waals surface area contributed by atoms with Gasteiger partial charge in [0.05, 0.1) is 11.5 Å². The molecule has 6 heteroatoms. The number of aromatic nitrogens is 1. The van der Waals surface area contributed by atoms with E-state index in [0.717, 1.165) is 0 Å². The van der Waals surface area contributed by atoms with Crippen molar-refractivity contribution in [3.63, 3.8) is 0 Å². The molecule has 1 saturated heterocycles. The second kappa shape index (κ2) is 5.48. The molecule has 0 aliphatic carbocycles. The largest absolute Gasteiger partial charge is 0.351 e. The summed E-state index contributed by atoms with van der Waals surface area (Å²) in [5, 5.41) is 2.76. The maximum Gasteiger partial charge on any atom is 0.269 e. The highest BCUT2D eigenvalue weighted by atomic mass is 32.2. The molecular weight excluding hydrogens is 252 g/mol. The van der Waals surface area contributed by atoms with E-state index in [1.807, 2.05) is 0 Å². The molecule has 98 valence electrons. The van der Waals surface area contributed by atoms with E-state index in [-0.39, 0.29) is 23.3 Å². The van der Waals surface area contributed by atoms with Gasteiger partial charge >= 0.3 is 0 Å². The van der Waals surface area contributed by atoms with Crippen LogP contribution in [0.4, 0.5) is 0 Å². The van der Waals surface area contributed by atoms with Crippen LogP contribution in [0, 0.1) is 5.92 Å². The molecule has 1 unspecified atom stereocenters. The number of hydrogen-bond acceptors (Lipinski definition) is 4. The molecule has 0 radical (unpaired) electrons. The van der Waals surface area contributed by atoms with Crippen LogP contribution in [0.1, 0.15) is 23.3 Å². The van der Waals surface area contributed by atoms with Crippen LogP contribution in [0.3, 0.4) is 0 Å². The van der Waals surface area contributed by atoms with Crippen molar-refractivity contribution in [2.24, 2.45) is 5.92 Å². The summed E-state index contributed by atoms with van der Waals surface area (Å²) in [6.07, 6.45) is 2.98. The van der Waals surface area contributed by atoms with Crippen LogP contribution >= 0.6 is 0 Å². The van der Waals surface area contributed by atoms with E-state index in [1.165, 1.54) is 0 Å². The first-order valence-corrected chi connectivity index (χ1v) is 7.78. The number of hydrogen-bond donors (Lipinski definition) is 1. The molecule has 1 aliphatic rings. The maximum atomic E-state index is 11.7. The highest BCUT2D eigenvalue weighted by molar-refractivity contribution is 7.91. The second-order valence-electron chi connectivity index (χ2n) is 4.53. The standard InChI is InChI=1S/C12H16N2O3S/c15-12(11-3-1-2-6-13-11)14-7-4-10-5-8-18(16,17)9-10/h1-3,6,10H,4-5,7-9H2,(H,14,15). The van der Waals surface area contributed by atoms with E-state index in [4.69, 9.17) is 0 Å². The minimum Gasteiger partial charge on any atom is -0.351 e. The van der Waals surface area contributed by atoms with Crippen LogP contribution in [-0.2, 0) is 9.84 Å². The molecule has 0 aromatic carbocycles. The molecule has 1 aliphatic heterocycles. The summed E-state index contributed by atoms with van der Waals surface area (Å²) >= 11 is 0. The van der Waals surface area contributed by atoms with Gasteiger partial charge < -0.3 is 5.32 Å². The first-order chi connectivity index (χ1) is 8.57. The average molecular weight is 268 g/mol. The van der Waals surface area contributed by atoms with Crippen LogP contribution in [0.25, 0.3) is 0 Å². The van der Waals surface area contributed by atoms with E-state index in [0.29, 0.717) is 25.1 Å². The summed E-state index contributed by atoms with van der Waals surface area (Å²) in [4.78, 5) is 15.6. The number of amides is 1. The molecule has 1 fully saturated rings. The summed E-state index contributed by atoms with van der Waals surface area (Å²) < 4.78 is 22.5. The third kappa shape index (κ3) is 3.53. The molecule has 0 saturated carbocycles. The number of nitrogens with one attached hydrogen (secondary N) is 1. The second-order valence-corrected chi connectivity index (χ2v) is 6.76. The Morgan fingerprint density at radius 3 is 2.89 bits per heavy atom. The van der Waals surface area contributed by atoms with Crippen molar-refractivity contribution < 1.29 is 13.2 Å². The number of pyridine rings is 1. The molecular formula is C12H16N2O3S. The Morgan fingerprint density at radius 2 is 2.28 bits per heavy atom. The monoisotopic (exact) mass is 268 g/mol. The lowest BCUT2D eigenvalue weighted by atomic mass is 10.1. The molecule has 2 rings (SSSR count). The van der Waals surface area contributed by atoms with Crippen molar-refractivity contribution >= 4 is 15.7 Å². The molecule has 5 nitrogen and oxygen atoms in total. The molecule has 1 aromatic rings. The predicted octanol–water partition coefficient (Wildman–Crippen LogP) is 0.636. The number of carbonyl (C=O) groups excluding carboxylic acids is 1. The zero-order valence-electron chi connectivity index (χ0n) is 10.0. The van der Waals surface area contributed by atoms with Gasteiger partial charge in [-0.1, -0.05) is 6.07 Å². The Morgan fingerprint density at radius 1 is 1.44 bits per heavy atom. The van der Waals surface area contributed by atoms with Gasteiger partial charge in [-0.2, -0.15) is 0 Å². The van der Waals surface area contributed by atoms with Gasteiger partial charge in [0.25, 0.3) is 5.91 Å². The predicted molar refractivity (Wildman–Crippen MR) is 67.9 cm³/mol. The highest BCUT2D eigenvalue weighted by Gasteiger charge is 2.27. The Kier molecular flexibility index (Phi) is 3.96. The zero-order chi connectivity index (χ0) is 13.0. The summed E-state index contributed by atoms with van der Waals surface area (Å²) in [7, 11) is -2.82. The van der Waals surface area contributed by atoms with Gasteiger partial charge in [-0.3, -0.25) is 9.78 Å². The highest BCUT2D eigenvalue weighted by Crippen LogP contribution is 2.20. The lowest BCUT2D eigenvalue weighted by Crippen LogP contribution is -2.26. The summed E-state index contributed by atoms with van der Waals surface area (Å²) in [5.74, 6) is 0.508. The van der Waals surface area contributed by atoms with Gasteiger partial charge in [0.2, 0.25) is 0 Å². The Balaban J connectivity index is 1.75. The van der Waals surface area contributed by atoms with Crippen LogP contribution in [0.15, 0.2) is 24.4 Å². The number of sulfone groups is 1. The van der Waals surface area contributed by atoms with Gasteiger partial charge in [-0.05, 0) is 30.9 Å². The smallest absolute Gasteiger partial charge is 0.269 e. The first kappa shape index (κ1) is 13.0. The Labute approximate surface area is 107 Å². The van der Waals surface area contributed by atoms with Crippen LogP contribution in [-0.4, -0.2) is 37.4 Å². The van der Waals surface area contributed by atoms with Crippen molar-refractivity contribution in [1.82, 2.24) is 10.3 Å². The van der Waals surface area contributed by atoms with Gasteiger partial charge in [0.1, 0.15) is 5.69 Å². The fourth-order valence-electron chi connectivity index (χ4n) is 2.08. The summed E-state index contributed by atoms with van der Waals surface area (Å²) in [6.45, 7) is 0.496. The van der Waals surface area contributed by atoms with Crippen LogP contribution < -0.4 is 5.32 Å². The fourth-order valence-corrected chi connectivity index (χ4v) is 3.99. The fraction of sp³-hybridized carbons (Fsp3) is 0.500. The van der Waals surface area contributed by atoms with Gasteiger partial charge in [0, 0.05) is 12.7 Å². The number of nitrogens with zero attached hydrogens (tertiary/aromatic N) is 1. The molecule has 0 bridgehead atoms. The Bertz CT molecular complexity index is 513. The maximum absolute atomic E-state index is 11.7. The lowest BCUT2D eigenvalue weighted by molar-refractivity contribution is 0.0947. The van der Waals surface area contributed by atoms with Gasteiger partial charge in [-0.25, -0.2) is 8.42 Å². The SMILES string of the molecule is O=C(NCCC1CCS(=O)(=O)C1)c1ccccn1. The number of carbonyl (C=O) groups is 1. The quantitative estimate of drug-likeness (QED) is 0.869. The molecule has 1 atom stereocenters. The van der Waals surface area contributed by atoms with Crippen molar-refractivity contribution in [2.45, 2.75) is 12.8 Å². The van der Waals surface area contributed by atoms with E-state index in [9.17, 15) is 13.2 Å². The number of rotatable bonds is 4. The average Bonchev–Trinajstić information content (AvgIpc) is 2.70. The summed E-state index contributed by atoms with van der Waals surface area (Å²) in [6, 6.07) is 5.15. The molecule has 2 heterocycles. The third-order valence-corrected chi connectivity index (χ3v) is 4.90. The van der Waals surface area contributed by atoms with Crippen molar-refractivity contribution in [3.05, 3.63) is 30.1 Å². The van der Waals surface area contributed by atoms with Crippen LogP contribution in [0.5, 0.6) is 0 Å². The normalized spacial score (nSPS) is 21.7. The van der Waals surface area contributed by atoms with Crippen molar-refractivity contribution in [1.29, 1.82) is 0 Å². The van der Waals surface area contributed by atoms with Crippen molar-refractivity contribution in [2.75, 3.05) is 18.1 Å². The van der Waals surface area contributed by atoms with E-state index < -0.39 is 9.84 Å². The third-order valence-electron chi connectivity index (χ3n) is 3.06. The van der Waals surface area contributed by atoms with Gasteiger partial charge in [-0.15, -0.1) is 0 Å². The molecule has 0 spiro atoms. The topological polar surface area (TPSA) is 76.1 Å². The van der Waals surface area contributed by atoms with Crippen molar-refractivity contribution in [3.8, 4) is 0 Å². The van der Waals surface area contributed by atoms with E-state index in [2.05, 4.69) is 10.3 Å². The van der Waals surface area contributed by atoms with E-state index in [1.54, 1.807) is 24.4 Å². The molecule has 1 aromatic heterocycles. The lowest BCUT2D eigenvalue weighted by Gasteiger charge is -2.08. The van der Waals surface area contributed by atoms with Gasteiger partial charge in [0.15, 0.2) is 9.84 Å². The minimum atomic E-state index is -2.82. The minimum absolute atomic E-state index is 0.180.